The van der Waals surface area contributed by atoms with Gasteiger partial charge in [0.2, 0.25) is 0 Å². The quantitative estimate of drug-likeness (QED) is 0.912. The lowest BCUT2D eigenvalue weighted by molar-refractivity contribution is 0.0743. The highest BCUT2D eigenvalue weighted by molar-refractivity contribution is 7.92. The number of carbonyl (C=O) groups excluding carboxylic acids is 1. The van der Waals surface area contributed by atoms with Gasteiger partial charge in [-0.15, -0.1) is 0 Å². The Bertz CT molecular complexity index is 891. The smallest absolute Gasteiger partial charge is 0.272 e. The minimum absolute atomic E-state index is 0.0276. The average molecular weight is 338 g/mol. The largest absolute Gasteiger partial charge is 0.339 e. The Labute approximate surface area is 132 Å². The van der Waals surface area contributed by atoms with Crippen molar-refractivity contribution >= 4 is 21.7 Å². The number of anilines is 1. The van der Waals surface area contributed by atoms with Crippen LogP contribution in [-0.2, 0) is 16.6 Å². The molecule has 7 nitrogen and oxygen atoms in total. The van der Waals surface area contributed by atoms with Crippen molar-refractivity contribution in [1.82, 2.24) is 14.7 Å². The molecular formula is C14H15FN4O3S. The number of nitrogens with one attached hydrogen (secondary N) is 1. The van der Waals surface area contributed by atoms with Crippen molar-refractivity contribution in [3.63, 3.8) is 0 Å². The van der Waals surface area contributed by atoms with E-state index in [1.54, 1.807) is 7.05 Å². The second kappa shape index (κ2) is 5.34. The van der Waals surface area contributed by atoms with Gasteiger partial charge in [0.25, 0.3) is 15.9 Å². The Morgan fingerprint density at radius 1 is 1.30 bits per heavy atom. The fourth-order valence-corrected chi connectivity index (χ4v) is 3.67. The summed E-state index contributed by atoms with van der Waals surface area (Å²) in [7, 11) is -2.32. The molecule has 1 aromatic heterocycles. The average Bonchev–Trinajstić information content (AvgIpc) is 2.88. The van der Waals surface area contributed by atoms with E-state index in [1.165, 1.54) is 40.8 Å². The molecule has 0 unspecified atom stereocenters. The molecule has 0 aliphatic carbocycles. The third-order valence-corrected chi connectivity index (χ3v) is 5.24. The summed E-state index contributed by atoms with van der Waals surface area (Å²) >= 11 is 0. The van der Waals surface area contributed by atoms with E-state index >= 15 is 0 Å². The molecule has 1 aliphatic heterocycles. The van der Waals surface area contributed by atoms with Gasteiger partial charge in [-0.25, -0.2) is 12.8 Å². The number of hydrogen-bond acceptors (Lipinski definition) is 4. The molecule has 0 fully saturated rings. The van der Waals surface area contributed by atoms with Gasteiger partial charge in [-0.2, -0.15) is 5.10 Å². The summed E-state index contributed by atoms with van der Waals surface area (Å²) in [4.78, 5) is 13.4. The summed E-state index contributed by atoms with van der Waals surface area (Å²) in [6, 6.07) is 5.21. The van der Waals surface area contributed by atoms with Gasteiger partial charge >= 0.3 is 0 Å². The van der Waals surface area contributed by atoms with Crippen molar-refractivity contribution in [2.45, 2.75) is 18.4 Å². The number of benzene rings is 1. The van der Waals surface area contributed by atoms with Gasteiger partial charge < -0.3 is 4.90 Å². The zero-order valence-electron chi connectivity index (χ0n) is 12.6. The van der Waals surface area contributed by atoms with Crippen LogP contribution in [0.25, 0.3) is 0 Å². The number of rotatable bonds is 3. The van der Waals surface area contributed by atoms with Crippen molar-refractivity contribution in [3.8, 4) is 0 Å². The van der Waals surface area contributed by atoms with Crippen LogP contribution >= 0.6 is 0 Å². The van der Waals surface area contributed by atoms with E-state index in [2.05, 4.69) is 9.82 Å². The number of amides is 1. The van der Waals surface area contributed by atoms with Crippen LogP contribution in [0.4, 0.5) is 10.2 Å². The summed E-state index contributed by atoms with van der Waals surface area (Å²) in [5.41, 5.74) is 0.340. The predicted octanol–water partition coefficient (Wildman–Crippen LogP) is 1.22. The molecule has 0 atom stereocenters. The predicted molar refractivity (Wildman–Crippen MR) is 81.1 cm³/mol. The van der Waals surface area contributed by atoms with Gasteiger partial charge in [0.15, 0.2) is 5.82 Å². The van der Waals surface area contributed by atoms with Gasteiger partial charge in [0.1, 0.15) is 11.5 Å². The molecule has 1 N–H and O–H groups in total. The fraction of sp³-hybridized carbons (Fsp3) is 0.286. The van der Waals surface area contributed by atoms with Crippen molar-refractivity contribution in [3.05, 3.63) is 41.3 Å². The second-order valence-corrected chi connectivity index (χ2v) is 6.98. The first kappa shape index (κ1) is 15.5. The van der Waals surface area contributed by atoms with E-state index in [0.717, 1.165) is 0 Å². The molecule has 0 saturated heterocycles. The van der Waals surface area contributed by atoms with E-state index in [9.17, 15) is 17.6 Å². The molecule has 9 heteroatoms. The van der Waals surface area contributed by atoms with E-state index < -0.39 is 15.8 Å². The van der Waals surface area contributed by atoms with Crippen LogP contribution in [0.15, 0.2) is 29.2 Å². The molecule has 1 aliphatic rings. The molecule has 0 radical (unpaired) electrons. The first-order valence-electron chi connectivity index (χ1n) is 6.91. The molecule has 0 spiro atoms. The summed E-state index contributed by atoms with van der Waals surface area (Å²) in [5.74, 6) is -0.794. The first-order chi connectivity index (χ1) is 10.8. The third-order valence-electron chi connectivity index (χ3n) is 3.74. The maximum absolute atomic E-state index is 13.6. The van der Waals surface area contributed by atoms with Crippen LogP contribution < -0.4 is 4.72 Å². The van der Waals surface area contributed by atoms with Gasteiger partial charge in [-0.05, 0) is 19.1 Å². The number of nitrogens with zero attached hydrogens (tertiary/aromatic N) is 3. The lowest BCUT2D eigenvalue weighted by Gasteiger charge is -2.22. The molecule has 2 heterocycles. The highest BCUT2D eigenvalue weighted by Crippen LogP contribution is 2.22. The topological polar surface area (TPSA) is 84.3 Å². The molecule has 0 bridgehead atoms. The molecule has 23 heavy (non-hydrogen) atoms. The van der Waals surface area contributed by atoms with Crippen molar-refractivity contribution in [2.24, 2.45) is 0 Å². The number of carbonyl (C=O) groups is 1. The minimum atomic E-state index is -3.99. The second-order valence-electron chi connectivity index (χ2n) is 5.33. The molecule has 3 rings (SSSR count). The molecule has 1 aromatic carbocycles. The number of sulfonamides is 1. The number of likely N-dealkylation sites (N-methyl/N-ethyl adjacent to an activating group) is 1. The lowest BCUT2D eigenvalue weighted by Crippen LogP contribution is -2.37. The maximum Gasteiger partial charge on any atom is 0.272 e. The lowest BCUT2D eigenvalue weighted by atomic mass is 10.2. The standard InChI is InChI=1S/C14H15FN4O3S/c1-9-10(15)4-3-5-12(9)23(21,22)17-13-8-11-14(20)18(2)6-7-19(11)16-13/h3-5,8H,6-7H2,1-2H3,(H,16,17). The van der Waals surface area contributed by atoms with Gasteiger partial charge in [-0.1, -0.05) is 6.07 Å². The van der Waals surface area contributed by atoms with Gasteiger partial charge in [0, 0.05) is 25.2 Å². The Hall–Kier alpha value is -2.42. The van der Waals surface area contributed by atoms with Crippen molar-refractivity contribution in [1.29, 1.82) is 0 Å². The number of fused-ring (bicyclic) bond motifs is 1. The summed E-state index contributed by atoms with van der Waals surface area (Å²) in [6.07, 6.45) is 0. The SMILES string of the molecule is Cc1c(F)cccc1S(=O)(=O)Nc1cc2n(n1)CCN(C)C2=O. The summed E-state index contributed by atoms with van der Waals surface area (Å²) < 4.78 is 42.1. The molecular weight excluding hydrogens is 323 g/mol. The number of aromatic nitrogens is 2. The van der Waals surface area contributed by atoms with Gasteiger partial charge in [0.05, 0.1) is 11.4 Å². The first-order valence-corrected chi connectivity index (χ1v) is 8.39. The van der Waals surface area contributed by atoms with E-state index in [4.69, 9.17) is 0 Å². The Kier molecular flexibility index (Phi) is 3.59. The van der Waals surface area contributed by atoms with Gasteiger partial charge in [-0.3, -0.25) is 14.2 Å². The Morgan fingerprint density at radius 3 is 2.78 bits per heavy atom. The van der Waals surface area contributed by atoms with Crippen LogP contribution in [0, 0.1) is 12.7 Å². The molecule has 1 amide bonds. The fourth-order valence-electron chi connectivity index (χ4n) is 2.42. The normalized spacial score (nSPS) is 14.7. The van der Waals surface area contributed by atoms with E-state index in [0.29, 0.717) is 18.8 Å². The van der Waals surface area contributed by atoms with Crippen LogP contribution in [0.1, 0.15) is 16.1 Å². The highest BCUT2D eigenvalue weighted by Gasteiger charge is 2.26. The van der Waals surface area contributed by atoms with E-state index in [1.807, 2.05) is 0 Å². The van der Waals surface area contributed by atoms with Crippen molar-refractivity contribution < 1.29 is 17.6 Å². The zero-order chi connectivity index (χ0) is 16.8. The van der Waals surface area contributed by atoms with Crippen LogP contribution in [0.5, 0.6) is 0 Å². The summed E-state index contributed by atoms with van der Waals surface area (Å²) in [6.45, 7) is 2.38. The number of halogens is 1. The Balaban J connectivity index is 1.95. The van der Waals surface area contributed by atoms with Crippen LogP contribution in [-0.4, -0.2) is 42.6 Å². The summed E-state index contributed by atoms with van der Waals surface area (Å²) in [5, 5.41) is 4.08. The zero-order valence-corrected chi connectivity index (χ0v) is 13.4. The monoisotopic (exact) mass is 338 g/mol. The van der Waals surface area contributed by atoms with Crippen LogP contribution in [0.2, 0.25) is 0 Å². The molecule has 2 aromatic rings. The van der Waals surface area contributed by atoms with Crippen LogP contribution in [0.3, 0.4) is 0 Å². The molecule has 122 valence electrons. The minimum Gasteiger partial charge on any atom is -0.339 e. The van der Waals surface area contributed by atoms with E-state index in [-0.39, 0.29) is 22.2 Å². The highest BCUT2D eigenvalue weighted by atomic mass is 32.2. The Morgan fingerprint density at radius 2 is 2.04 bits per heavy atom. The number of hydrogen-bond donors (Lipinski definition) is 1. The maximum atomic E-state index is 13.6. The third kappa shape index (κ3) is 2.67. The van der Waals surface area contributed by atoms with Crippen molar-refractivity contribution in [2.75, 3.05) is 18.3 Å². The molecule has 0 saturated carbocycles.